The Hall–Kier alpha value is -9.45. The molecule has 5 nitrogen and oxygen atoms in total. The van der Waals surface area contributed by atoms with Crippen LogP contribution in [-0.2, 0) is 0 Å². The summed E-state index contributed by atoms with van der Waals surface area (Å²) < 4.78 is 9.45. The second-order valence-electron chi connectivity index (χ2n) is 17.9. The monoisotopic (exact) mass is 892 g/mol. The molecule has 0 fully saturated rings. The standard InChI is InChI=1S/C65H40N4O/c1-4-15-41(16-5-1)43-27-31-47(32-28-43)63-66-64(48-33-29-44(30-34-48)42-17-6-2-7-18-42)68-65(67-63)53-25-14-26-59-61(53)56-39-54(45-19-8-3-9-20-45)58(40-60(56)70-59)69-57-38-50-23-11-10-22-49(50)37-55(57)52-36-35-46-21-12-13-24-51(46)62(52)69/h1-40H. The van der Waals surface area contributed by atoms with Crippen LogP contribution in [0.2, 0.25) is 0 Å². The molecule has 11 aromatic carbocycles. The van der Waals surface area contributed by atoms with Crippen molar-refractivity contribution in [2.45, 2.75) is 0 Å². The van der Waals surface area contributed by atoms with Gasteiger partial charge in [0.1, 0.15) is 11.2 Å². The number of hydrogen-bond donors (Lipinski definition) is 0. The number of nitrogens with zero attached hydrogens (tertiary/aromatic N) is 4. The van der Waals surface area contributed by atoms with Crippen molar-refractivity contribution >= 4 is 65.3 Å². The SMILES string of the molecule is c1ccc(-c2ccc(-c3nc(-c4ccc(-c5ccccc5)cc4)nc(-c4cccc5oc6cc(-n7c8cc9ccccc9cc8c8ccc9ccccc9c87)c(-c7ccccc7)cc6c45)n3)cc2)cc1. The Kier molecular flexibility index (Phi) is 9.14. The van der Waals surface area contributed by atoms with Crippen molar-refractivity contribution in [3.63, 3.8) is 0 Å². The third-order valence-corrected chi connectivity index (χ3v) is 13.8. The zero-order valence-electron chi connectivity index (χ0n) is 37.8. The van der Waals surface area contributed by atoms with Gasteiger partial charge in [0.15, 0.2) is 17.5 Å². The third kappa shape index (κ3) is 6.59. The highest BCUT2D eigenvalue weighted by molar-refractivity contribution is 6.22. The summed E-state index contributed by atoms with van der Waals surface area (Å²) in [7, 11) is 0. The minimum Gasteiger partial charge on any atom is -0.456 e. The molecule has 326 valence electrons. The summed E-state index contributed by atoms with van der Waals surface area (Å²) in [4.78, 5) is 15.8. The van der Waals surface area contributed by atoms with Gasteiger partial charge >= 0.3 is 0 Å². The van der Waals surface area contributed by atoms with Gasteiger partial charge in [-0.25, -0.2) is 15.0 Å². The van der Waals surface area contributed by atoms with Gasteiger partial charge in [-0.2, -0.15) is 0 Å². The summed E-state index contributed by atoms with van der Waals surface area (Å²) >= 11 is 0. The first-order valence-electron chi connectivity index (χ1n) is 23.7. The number of hydrogen-bond acceptors (Lipinski definition) is 4. The van der Waals surface area contributed by atoms with E-state index in [2.05, 4.69) is 229 Å². The number of rotatable bonds is 7. The molecular formula is C65H40N4O. The maximum absolute atomic E-state index is 6.98. The molecule has 0 bridgehead atoms. The van der Waals surface area contributed by atoms with E-state index >= 15 is 0 Å². The number of furan rings is 1. The summed E-state index contributed by atoms with van der Waals surface area (Å²) in [6.07, 6.45) is 0. The summed E-state index contributed by atoms with van der Waals surface area (Å²) in [5, 5.41) is 9.12. The van der Waals surface area contributed by atoms with E-state index in [9.17, 15) is 0 Å². The Morgan fingerprint density at radius 3 is 1.47 bits per heavy atom. The Morgan fingerprint density at radius 1 is 0.300 bits per heavy atom. The van der Waals surface area contributed by atoms with Crippen LogP contribution in [-0.4, -0.2) is 19.5 Å². The van der Waals surface area contributed by atoms with Crippen LogP contribution >= 0.6 is 0 Å². The molecule has 0 saturated carbocycles. The largest absolute Gasteiger partial charge is 0.456 e. The lowest BCUT2D eigenvalue weighted by Gasteiger charge is -2.16. The van der Waals surface area contributed by atoms with Gasteiger partial charge in [0.05, 0.1) is 16.7 Å². The van der Waals surface area contributed by atoms with Crippen LogP contribution in [0.25, 0.3) is 139 Å². The van der Waals surface area contributed by atoms with Crippen molar-refractivity contribution in [2.75, 3.05) is 0 Å². The first kappa shape index (κ1) is 39.7. The van der Waals surface area contributed by atoms with E-state index in [-0.39, 0.29) is 0 Å². The average Bonchev–Trinajstić information content (AvgIpc) is 3.97. The highest BCUT2D eigenvalue weighted by atomic mass is 16.3. The fourth-order valence-corrected chi connectivity index (χ4v) is 10.4. The van der Waals surface area contributed by atoms with E-state index < -0.39 is 0 Å². The van der Waals surface area contributed by atoms with Gasteiger partial charge in [-0.1, -0.05) is 212 Å². The average molecular weight is 893 g/mol. The summed E-state index contributed by atoms with van der Waals surface area (Å²) in [6, 6.07) is 85.8. The van der Waals surface area contributed by atoms with Gasteiger partial charge in [-0.15, -0.1) is 0 Å². The van der Waals surface area contributed by atoms with E-state index in [1.807, 2.05) is 18.2 Å². The maximum Gasteiger partial charge on any atom is 0.164 e. The van der Waals surface area contributed by atoms with Gasteiger partial charge < -0.3 is 8.98 Å². The quantitative estimate of drug-likeness (QED) is 0.160. The lowest BCUT2D eigenvalue weighted by atomic mass is 9.98. The molecule has 14 aromatic rings. The molecule has 0 unspecified atom stereocenters. The Morgan fingerprint density at radius 2 is 0.829 bits per heavy atom. The minimum atomic E-state index is 0.568. The second kappa shape index (κ2) is 16.1. The maximum atomic E-state index is 6.98. The van der Waals surface area contributed by atoms with Gasteiger partial charge in [-0.3, -0.25) is 0 Å². The first-order valence-corrected chi connectivity index (χ1v) is 23.7. The number of fused-ring (bicyclic) bond motifs is 9. The highest BCUT2D eigenvalue weighted by Crippen LogP contribution is 2.45. The van der Waals surface area contributed by atoms with Crippen molar-refractivity contribution in [3.8, 4) is 73.2 Å². The van der Waals surface area contributed by atoms with E-state index in [1.54, 1.807) is 0 Å². The smallest absolute Gasteiger partial charge is 0.164 e. The lowest BCUT2D eigenvalue weighted by Crippen LogP contribution is -2.00. The molecule has 0 radical (unpaired) electrons. The van der Waals surface area contributed by atoms with Crippen molar-refractivity contribution in [3.05, 3.63) is 243 Å². The van der Waals surface area contributed by atoms with Crippen molar-refractivity contribution in [1.82, 2.24) is 19.5 Å². The Labute approximate surface area is 403 Å². The Balaban J connectivity index is 1.01. The second-order valence-corrected chi connectivity index (χ2v) is 17.9. The molecule has 0 atom stereocenters. The van der Waals surface area contributed by atoms with E-state index in [0.29, 0.717) is 17.5 Å². The third-order valence-electron chi connectivity index (χ3n) is 13.8. The van der Waals surface area contributed by atoms with E-state index in [1.165, 1.54) is 32.3 Å². The zero-order valence-corrected chi connectivity index (χ0v) is 37.8. The molecule has 5 heteroatoms. The molecule has 14 rings (SSSR count). The summed E-state index contributed by atoms with van der Waals surface area (Å²) in [5.41, 5.74) is 14.3. The molecule has 0 aliphatic carbocycles. The van der Waals surface area contributed by atoms with Crippen molar-refractivity contribution < 1.29 is 4.42 Å². The lowest BCUT2D eigenvalue weighted by molar-refractivity contribution is 0.668. The van der Waals surface area contributed by atoms with Crippen LogP contribution in [0.4, 0.5) is 0 Å². The normalized spacial score (nSPS) is 11.7. The molecule has 0 aliphatic rings. The molecule has 0 spiro atoms. The summed E-state index contributed by atoms with van der Waals surface area (Å²) in [6.45, 7) is 0. The summed E-state index contributed by atoms with van der Waals surface area (Å²) in [5.74, 6) is 1.75. The van der Waals surface area contributed by atoms with Gasteiger partial charge in [0.25, 0.3) is 0 Å². The molecule has 0 aliphatic heterocycles. The molecule has 0 amide bonds. The molecule has 3 aromatic heterocycles. The van der Waals surface area contributed by atoms with E-state index in [0.717, 1.165) is 88.7 Å². The van der Waals surface area contributed by atoms with Gasteiger partial charge in [0.2, 0.25) is 0 Å². The minimum absolute atomic E-state index is 0.568. The van der Waals surface area contributed by atoms with Crippen molar-refractivity contribution in [2.24, 2.45) is 0 Å². The topological polar surface area (TPSA) is 56.7 Å². The molecule has 70 heavy (non-hydrogen) atoms. The zero-order chi connectivity index (χ0) is 46.1. The van der Waals surface area contributed by atoms with Gasteiger partial charge in [0, 0.05) is 55.3 Å². The fourth-order valence-electron chi connectivity index (χ4n) is 10.4. The predicted octanol–water partition coefficient (Wildman–Crippen LogP) is 17.2. The van der Waals surface area contributed by atoms with Gasteiger partial charge in [-0.05, 0) is 68.2 Å². The molecule has 3 heterocycles. The van der Waals surface area contributed by atoms with Crippen LogP contribution in [0, 0.1) is 0 Å². The van der Waals surface area contributed by atoms with Crippen LogP contribution in [0.15, 0.2) is 247 Å². The molecule has 0 N–H and O–H groups in total. The highest BCUT2D eigenvalue weighted by Gasteiger charge is 2.23. The molecular weight excluding hydrogens is 853 g/mol. The fraction of sp³-hybridized carbons (Fsp3) is 0. The predicted molar refractivity (Wildman–Crippen MR) is 289 cm³/mol. The van der Waals surface area contributed by atoms with Crippen LogP contribution in [0.1, 0.15) is 0 Å². The van der Waals surface area contributed by atoms with Crippen molar-refractivity contribution in [1.29, 1.82) is 0 Å². The first-order chi connectivity index (χ1) is 34.7. The van der Waals surface area contributed by atoms with Crippen LogP contribution < -0.4 is 0 Å². The molecule has 0 saturated heterocycles. The number of benzene rings is 11. The Bertz CT molecular complexity index is 4210. The van der Waals surface area contributed by atoms with E-state index in [4.69, 9.17) is 19.4 Å². The van der Waals surface area contributed by atoms with Crippen LogP contribution in [0.3, 0.4) is 0 Å². The number of aromatic nitrogens is 4. The van der Waals surface area contributed by atoms with Crippen LogP contribution in [0.5, 0.6) is 0 Å².